The molecule has 2 rings (SSSR count). The van der Waals surface area contributed by atoms with Gasteiger partial charge in [0.25, 0.3) is 0 Å². The van der Waals surface area contributed by atoms with Gasteiger partial charge in [-0.15, -0.1) is 0 Å². The largest absolute Gasteiger partial charge is 0.447 e. The number of anilines is 1. The molecule has 0 aliphatic carbocycles. The van der Waals surface area contributed by atoms with Crippen LogP contribution in [0.15, 0.2) is 21.8 Å². The quantitative estimate of drug-likeness (QED) is 0.610. The first kappa shape index (κ1) is 6.46. The molecule has 0 saturated heterocycles. The molecule has 1 aromatic heterocycles. The molecule has 1 aliphatic rings. The fourth-order valence-electron chi connectivity index (χ4n) is 1.11. The number of aryl methyl sites for hydroxylation is 1. The zero-order valence-electron chi connectivity index (χ0n) is 6.45. The van der Waals surface area contributed by atoms with Crippen LogP contribution in [0.2, 0.25) is 0 Å². The van der Waals surface area contributed by atoms with Crippen molar-refractivity contribution >= 4 is 12.1 Å². The Morgan fingerprint density at radius 2 is 2.55 bits per heavy atom. The van der Waals surface area contributed by atoms with Crippen molar-refractivity contribution in [3.05, 3.63) is 17.9 Å². The van der Waals surface area contributed by atoms with Gasteiger partial charge < -0.3 is 4.42 Å². The van der Waals surface area contributed by atoms with Crippen LogP contribution in [0, 0.1) is 6.92 Å². The Morgan fingerprint density at radius 3 is 3.09 bits per heavy atom. The molecule has 1 aliphatic heterocycles. The highest BCUT2D eigenvalue weighted by atomic mass is 16.3. The van der Waals surface area contributed by atoms with Crippen LogP contribution in [0.25, 0.3) is 0 Å². The summed E-state index contributed by atoms with van der Waals surface area (Å²) in [6.45, 7) is 2.94. The molecule has 0 N–H and O–H groups in total. The summed E-state index contributed by atoms with van der Waals surface area (Å²) in [5.41, 5.74) is 1.14. The van der Waals surface area contributed by atoms with Crippen molar-refractivity contribution in [2.45, 2.75) is 13.3 Å². The van der Waals surface area contributed by atoms with Crippen molar-refractivity contribution in [3.8, 4) is 0 Å². The second-order valence-corrected chi connectivity index (χ2v) is 2.67. The molecular formula is C8H10N2O. The van der Waals surface area contributed by atoms with E-state index in [1.165, 1.54) is 0 Å². The monoisotopic (exact) mass is 150 g/mol. The molecule has 0 radical (unpaired) electrons. The fraction of sp³-hybridized carbons (Fsp3) is 0.375. The molecule has 0 fully saturated rings. The molecular weight excluding hydrogens is 140 g/mol. The SMILES string of the molecule is Cc1coc(N2CCC=N2)c1. The molecule has 3 heteroatoms. The zero-order chi connectivity index (χ0) is 7.68. The topological polar surface area (TPSA) is 28.7 Å². The molecule has 0 saturated carbocycles. The molecule has 0 unspecified atom stereocenters. The Bertz CT molecular complexity index is 277. The molecule has 11 heavy (non-hydrogen) atoms. The van der Waals surface area contributed by atoms with E-state index in [1.54, 1.807) is 6.26 Å². The summed E-state index contributed by atoms with van der Waals surface area (Å²) in [5, 5.41) is 6.00. The second kappa shape index (κ2) is 2.42. The minimum Gasteiger partial charge on any atom is -0.447 e. The maximum atomic E-state index is 5.26. The number of rotatable bonds is 1. The smallest absolute Gasteiger partial charge is 0.215 e. The molecule has 1 aromatic rings. The standard InChI is InChI=1S/C8H10N2O/c1-7-5-8(11-6-7)10-4-2-3-9-10/h3,5-6H,2,4H2,1H3. The Morgan fingerprint density at radius 1 is 1.64 bits per heavy atom. The van der Waals surface area contributed by atoms with E-state index >= 15 is 0 Å². The van der Waals surface area contributed by atoms with Crippen LogP contribution >= 0.6 is 0 Å². The summed E-state index contributed by atoms with van der Waals surface area (Å²) < 4.78 is 5.26. The van der Waals surface area contributed by atoms with E-state index in [0.717, 1.165) is 24.4 Å². The summed E-state index contributed by atoms with van der Waals surface area (Å²) in [4.78, 5) is 0. The predicted octanol–water partition coefficient (Wildman–Crippen LogP) is 1.78. The number of furan rings is 1. The van der Waals surface area contributed by atoms with Gasteiger partial charge in [0.2, 0.25) is 5.88 Å². The summed E-state index contributed by atoms with van der Waals surface area (Å²) in [6, 6.07) is 1.99. The Labute approximate surface area is 65.3 Å². The fourth-order valence-corrected chi connectivity index (χ4v) is 1.11. The van der Waals surface area contributed by atoms with Gasteiger partial charge in [-0.3, -0.25) is 0 Å². The van der Waals surface area contributed by atoms with Crippen molar-refractivity contribution in [3.63, 3.8) is 0 Å². The van der Waals surface area contributed by atoms with Gasteiger partial charge in [0.05, 0.1) is 6.26 Å². The average Bonchev–Trinajstić information content (AvgIpc) is 2.55. The maximum absolute atomic E-state index is 5.26. The predicted molar refractivity (Wildman–Crippen MR) is 43.9 cm³/mol. The Balaban J connectivity index is 2.22. The van der Waals surface area contributed by atoms with E-state index in [9.17, 15) is 0 Å². The van der Waals surface area contributed by atoms with Gasteiger partial charge in [-0.05, 0) is 12.5 Å². The maximum Gasteiger partial charge on any atom is 0.215 e. The summed E-state index contributed by atoms with van der Waals surface area (Å²) in [7, 11) is 0. The molecule has 3 nitrogen and oxygen atoms in total. The highest BCUT2D eigenvalue weighted by molar-refractivity contribution is 5.63. The summed E-state index contributed by atoms with van der Waals surface area (Å²) >= 11 is 0. The second-order valence-electron chi connectivity index (χ2n) is 2.67. The van der Waals surface area contributed by atoms with Gasteiger partial charge in [-0.2, -0.15) is 5.10 Å². The number of hydrogen-bond acceptors (Lipinski definition) is 3. The van der Waals surface area contributed by atoms with E-state index < -0.39 is 0 Å². The van der Waals surface area contributed by atoms with Gasteiger partial charge >= 0.3 is 0 Å². The third-order valence-electron chi connectivity index (χ3n) is 1.66. The minimum absolute atomic E-state index is 0.844. The van der Waals surface area contributed by atoms with Crippen LogP contribution in [0.4, 0.5) is 5.88 Å². The van der Waals surface area contributed by atoms with Crippen molar-refractivity contribution in [2.24, 2.45) is 5.10 Å². The van der Waals surface area contributed by atoms with Crippen molar-refractivity contribution in [1.29, 1.82) is 0 Å². The average molecular weight is 150 g/mol. The van der Waals surface area contributed by atoms with Crippen molar-refractivity contribution in [1.82, 2.24) is 0 Å². The molecule has 0 aromatic carbocycles. The van der Waals surface area contributed by atoms with Gasteiger partial charge in [-0.25, -0.2) is 5.01 Å². The summed E-state index contributed by atoms with van der Waals surface area (Å²) in [5.74, 6) is 0.844. The van der Waals surface area contributed by atoms with Gasteiger partial charge in [-0.1, -0.05) is 0 Å². The van der Waals surface area contributed by atoms with Crippen LogP contribution in [-0.2, 0) is 0 Å². The highest BCUT2D eigenvalue weighted by Gasteiger charge is 2.10. The van der Waals surface area contributed by atoms with Crippen molar-refractivity contribution < 1.29 is 4.42 Å². The molecule has 0 atom stereocenters. The van der Waals surface area contributed by atoms with E-state index in [1.807, 2.05) is 24.2 Å². The molecule has 0 spiro atoms. The lowest BCUT2D eigenvalue weighted by Crippen LogP contribution is -2.10. The minimum atomic E-state index is 0.844. The van der Waals surface area contributed by atoms with Gasteiger partial charge in [0, 0.05) is 25.2 Å². The van der Waals surface area contributed by atoms with E-state index in [2.05, 4.69) is 5.10 Å². The van der Waals surface area contributed by atoms with E-state index in [0.29, 0.717) is 0 Å². The Kier molecular flexibility index (Phi) is 1.42. The van der Waals surface area contributed by atoms with Gasteiger partial charge in [0.1, 0.15) is 0 Å². The lowest BCUT2D eigenvalue weighted by Gasteiger charge is -2.07. The normalized spacial score (nSPS) is 16.3. The Hall–Kier alpha value is -1.25. The van der Waals surface area contributed by atoms with Crippen LogP contribution in [0.1, 0.15) is 12.0 Å². The van der Waals surface area contributed by atoms with Crippen LogP contribution < -0.4 is 5.01 Å². The first-order valence-corrected chi connectivity index (χ1v) is 3.71. The lowest BCUT2D eigenvalue weighted by molar-refractivity contribution is 0.552. The molecule has 0 amide bonds. The number of hydrogen-bond donors (Lipinski definition) is 0. The number of hydrazone groups is 1. The van der Waals surface area contributed by atoms with Crippen LogP contribution in [0.3, 0.4) is 0 Å². The van der Waals surface area contributed by atoms with Gasteiger partial charge in [0.15, 0.2) is 0 Å². The first-order chi connectivity index (χ1) is 5.36. The zero-order valence-corrected chi connectivity index (χ0v) is 6.45. The van der Waals surface area contributed by atoms with Crippen LogP contribution in [-0.4, -0.2) is 12.8 Å². The molecule has 0 bridgehead atoms. The molecule has 58 valence electrons. The third kappa shape index (κ3) is 1.13. The van der Waals surface area contributed by atoms with Crippen LogP contribution in [0.5, 0.6) is 0 Å². The van der Waals surface area contributed by atoms with E-state index in [-0.39, 0.29) is 0 Å². The van der Waals surface area contributed by atoms with E-state index in [4.69, 9.17) is 4.42 Å². The molecule has 2 heterocycles. The third-order valence-corrected chi connectivity index (χ3v) is 1.66. The summed E-state index contributed by atoms with van der Waals surface area (Å²) in [6.07, 6.45) is 4.65. The van der Waals surface area contributed by atoms with Crippen molar-refractivity contribution in [2.75, 3.05) is 11.6 Å². The highest BCUT2D eigenvalue weighted by Crippen LogP contribution is 2.19. The first-order valence-electron chi connectivity index (χ1n) is 3.71. The lowest BCUT2D eigenvalue weighted by atomic mass is 10.4. The number of nitrogens with zero attached hydrogens (tertiary/aromatic N) is 2.